The fourth-order valence-electron chi connectivity index (χ4n) is 1.09. The van der Waals surface area contributed by atoms with Gasteiger partial charge in [0.1, 0.15) is 11.3 Å². The van der Waals surface area contributed by atoms with Crippen molar-refractivity contribution in [3.8, 4) is 0 Å². The van der Waals surface area contributed by atoms with Crippen LogP contribution in [0.3, 0.4) is 0 Å². The highest BCUT2D eigenvalue weighted by Gasteiger charge is 1.98. The number of aromatic nitrogens is 4. The second-order valence-electron chi connectivity index (χ2n) is 2.86. The van der Waals surface area contributed by atoms with Crippen molar-refractivity contribution in [2.24, 2.45) is 7.05 Å². The summed E-state index contributed by atoms with van der Waals surface area (Å²) in [6.07, 6.45) is 3.50. The molecule has 0 aromatic carbocycles. The fraction of sp³-hybridized carbons (Fsp3) is 0.375. The van der Waals surface area contributed by atoms with E-state index in [0.717, 1.165) is 17.4 Å². The molecule has 2 heterocycles. The number of hydrogen-bond donors (Lipinski definition) is 1. The molecule has 0 atom stereocenters. The maximum Gasteiger partial charge on any atom is 0.164 e. The van der Waals surface area contributed by atoms with Crippen molar-refractivity contribution in [3.63, 3.8) is 0 Å². The lowest BCUT2D eigenvalue weighted by Gasteiger charge is -1.97. The molecule has 0 radical (unpaired) electrons. The highest BCUT2D eigenvalue weighted by Crippen LogP contribution is 2.02. The van der Waals surface area contributed by atoms with Crippen molar-refractivity contribution >= 4 is 11.3 Å². The zero-order valence-electron chi connectivity index (χ0n) is 7.84. The Labute approximate surface area is 85.8 Å². The summed E-state index contributed by atoms with van der Waals surface area (Å²) in [6, 6.07) is 0. The summed E-state index contributed by atoms with van der Waals surface area (Å²) in [5, 5.41) is 10.4. The molecule has 0 bridgehead atoms. The van der Waals surface area contributed by atoms with Crippen LogP contribution < -0.4 is 5.32 Å². The van der Waals surface area contributed by atoms with Crippen LogP contribution in [0, 0.1) is 0 Å². The highest BCUT2D eigenvalue weighted by atomic mass is 32.1. The molecule has 1 N–H and O–H groups in total. The van der Waals surface area contributed by atoms with E-state index in [-0.39, 0.29) is 0 Å². The van der Waals surface area contributed by atoms with Crippen LogP contribution in [0.5, 0.6) is 0 Å². The van der Waals surface area contributed by atoms with Gasteiger partial charge in [0.05, 0.1) is 6.54 Å². The number of hydrogen-bond acceptors (Lipinski definition) is 5. The van der Waals surface area contributed by atoms with Crippen molar-refractivity contribution < 1.29 is 0 Å². The summed E-state index contributed by atoms with van der Waals surface area (Å²) >= 11 is 1.64. The molecule has 0 spiro atoms. The molecule has 0 aliphatic heterocycles. The number of nitrogens with one attached hydrogen (secondary N) is 1. The zero-order chi connectivity index (χ0) is 9.80. The molecule has 0 aliphatic carbocycles. The van der Waals surface area contributed by atoms with Gasteiger partial charge in [-0.15, -0.1) is 11.3 Å². The summed E-state index contributed by atoms with van der Waals surface area (Å²) in [4.78, 5) is 8.27. The van der Waals surface area contributed by atoms with Gasteiger partial charge in [0.25, 0.3) is 0 Å². The van der Waals surface area contributed by atoms with Crippen LogP contribution in [-0.4, -0.2) is 19.7 Å². The Morgan fingerprint density at radius 2 is 2.36 bits per heavy atom. The molecular weight excluding hydrogens is 198 g/mol. The molecule has 0 saturated carbocycles. The molecule has 0 saturated heterocycles. The van der Waals surface area contributed by atoms with Gasteiger partial charge in [-0.05, 0) is 0 Å². The molecule has 0 aliphatic rings. The first-order valence-electron chi connectivity index (χ1n) is 4.28. The van der Waals surface area contributed by atoms with E-state index in [2.05, 4.69) is 20.4 Å². The Morgan fingerprint density at radius 3 is 3.00 bits per heavy atom. The van der Waals surface area contributed by atoms with Gasteiger partial charge in [-0.3, -0.25) is 4.68 Å². The van der Waals surface area contributed by atoms with Crippen molar-refractivity contribution in [3.05, 3.63) is 28.7 Å². The smallest absolute Gasteiger partial charge is 0.164 e. The zero-order valence-corrected chi connectivity index (χ0v) is 8.66. The van der Waals surface area contributed by atoms with Crippen LogP contribution in [0.2, 0.25) is 0 Å². The van der Waals surface area contributed by atoms with E-state index < -0.39 is 0 Å². The number of nitrogens with zero attached hydrogens (tertiary/aromatic N) is 4. The topological polar surface area (TPSA) is 55.6 Å². The fourth-order valence-corrected chi connectivity index (χ4v) is 1.67. The van der Waals surface area contributed by atoms with Crippen molar-refractivity contribution in [1.82, 2.24) is 25.1 Å². The predicted molar refractivity (Wildman–Crippen MR) is 53.7 cm³/mol. The van der Waals surface area contributed by atoms with E-state index in [1.54, 1.807) is 28.5 Å². The summed E-state index contributed by atoms with van der Waals surface area (Å²) in [5.74, 6) is 0.809. The van der Waals surface area contributed by atoms with Crippen LogP contribution in [0.1, 0.15) is 10.8 Å². The first-order valence-corrected chi connectivity index (χ1v) is 5.16. The van der Waals surface area contributed by atoms with Gasteiger partial charge in [-0.1, -0.05) is 0 Å². The summed E-state index contributed by atoms with van der Waals surface area (Å²) < 4.78 is 1.69. The van der Waals surface area contributed by atoms with Gasteiger partial charge in [0, 0.05) is 25.2 Å². The average molecular weight is 209 g/mol. The maximum absolute atomic E-state index is 4.16. The van der Waals surface area contributed by atoms with Crippen molar-refractivity contribution in [2.45, 2.75) is 13.1 Å². The lowest BCUT2D eigenvalue weighted by atomic mass is 10.5. The first kappa shape index (κ1) is 9.29. The van der Waals surface area contributed by atoms with E-state index in [0.29, 0.717) is 6.54 Å². The van der Waals surface area contributed by atoms with Gasteiger partial charge < -0.3 is 5.32 Å². The van der Waals surface area contributed by atoms with E-state index in [1.807, 2.05) is 12.4 Å². The molecule has 5 nitrogen and oxygen atoms in total. The Bertz CT molecular complexity index is 380. The van der Waals surface area contributed by atoms with Crippen molar-refractivity contribution in [1.29, 1.82) is 0 Å². The standard InChI is InChI=1S/C8H11N5S/c1-13-6-11-7(12-13)4-9-5-8-10-2-3-14-8/h2-3,6,9H,4-5H2,1H3. The van der Waals surface area contributed by atoms with Gasteiger partial charge in [0.2, 0.25) is 0 Å². The predicted octanol–water partition coefficient (Wildman–Crippen LogP) is 0.561. The largest absolute Gasteiger partial charge is 0.303 e. The van der Waals surface area contributed by atoms with Crippen LogP contribution in [0.4, 0.5) is 0 Å². The lowest BCUT2D eigenvalue weighted by Crippen LogP contribution is -2.13. The number of thiazole rings is 1. The molecule has 0 unspecified atom stereocenters. The second kappa shape index (κ2) is 4.30. The van der Waals surface area contributed by atoms with Crippen LogP contribution in [0.25, 0.3) is 0 Å². The lowest BCUT2D eigenvalue weighted by molar-refractivity contribution is 0.647. The third kappa shape index (κ3) is 2.36. The molecule has 0 amide bonds. The van der Waals surface area contributed by atoms with Crippen molar-refractivity contribution in [2.75, 3.05) is 0 Å². The normalized spacial score (nSPS) is 10.6. The van der Waals surface area contributed by atoms with E-state index in [9.17, 15) is 0 Å². The molecule has 6 heteroatoms. The Balaban J connectivity index is 1.78. The molecular formula is C8H11N5S. The van der Waals surface area contributed by atoms with Gasteiger partial charge in [-0.2, -0.15) is 5.10 Å². The Hall–Kier alpha value is -1.27. The third-order valence-corrected chi connectivity index (χ3v) is 2.47. The van der Waals surface area contributed by atoms with Crippen LogP contribution in [-0.2, 0) is 20.1 Å². The summed E-state index contributed by atoms with van der Waals surface area (Å²) in [5.41, 5.74) is 0. The average Bonchev–Trinajstić information content (AvgIpc) is 2.77. The summed E-state index contributed by atoms with van der Waals surface area (Å²) in [6.45, 7) is 1.45. The van der Waals surface area contributed by atoms with E-state index in [1.165, 1.54) is 0 Å². The molecule has 0 fully saturated rings. The molecule has 2 aromatic heterocycles. The minimum Gasteiger partial charge on any atom is -0.303 e. The van der Waals surface area contributed by atoms with Crippen LogP contribution in [0.15, 0.2) is 17.9 Å². The number of aryl methyl sites for hydroxylation is 1. The Kier molecular flexibility index (Phi) is 2.85. The quantitative estimate of drug-likeness (QED) is 0.799. The van der Waals surface area contributed by atoms with E-state index in [4.69, 9.17) is 0 Å². The second-order valence-corrected chi connectivity index (χ2v) is 3.84. The molecule has 14 heavy (non-hydrogen) atoms. The number of rotatable bonds is 4. The first-order chi connectivity index (χ1) is 6.84. The summed E-state index contributed by atoms with van der Waals surface area (Å²) in [7, 11) is 1.86. The SMILES string of the molecule is Cn1cnc(CNCc2nccs2)n1. The maximum atomic E-state index is 4.16. The third-order valence-electron chi connectivity index (χ3n) is 1.69. The van der Waals surface area contributed by atoms with Crippen LogP contribution >= 0.6 is 11.3 Å². The molecule has 74 valence electrons. The minimum atomic E-state index is 0.681. The Morgan fingerprint density at radius 1 is 1.43 bits per heavy atom. The van der Waals surface area contributed by atoms with Gasteiger partial charge in [0.15, 0.2) is 5.82 Å². The minimum absolute atomic E-state index is 0.681. The molecule has 2 rings (SSSR count). The van der Waals surface area contributed by atoms with Gasteiger partial charge >= 0.3 is 0 Å². The molecule has 2 aromatic rings. The monoisotopic (exact) mass is 209 g/mol. The van der Waals surface area contributed by atoms with Gasteiger partial charge in [-0.25, -0.2) is 9.97 Å². The van der Waals surface area contributed by atoms with E-state index >= 15 is 0 Å². The highest BCUT2D eigenvalue weighted by molar-refractivity contribution is 7.09.